The molecule has 4 saturated heterocycles. The Morgan fingerprint density at radius 1 is 0.441 bits per heavy atom. The summed E-state index contributed by atoms with van der Waals surface area (Å²) in [5, 5.41) is 14.3. The molecule has 612 valence electrons. The van der Waals surface area contributed by atoms with Gasteiger partial charge >= 0.3 is 0 Å². The van der Waals surface area contributed by atoms with E-state index in [0.717, 1.165) is 68.0 Å². The highest BCUT2D eigenvalue weighted by atomic mass is 127. The summed E-state index contributed by atoms with van der Waals surface area (Å²) < 4.78 is 146. The standard InChI is InChI=1S/2C22H27N5O4S3.C16H24IN3O4S2.C10H19NO4S.H2O/c2*1-11-16(20-26-14-9-23-7-6-15(14)33-20)19(27-21(24-11)32-4)25-13-8-12(10-34(5,28)29)17-18(13)31-22(2,3)30-17;1-8-11(17)14(20-15(18-8)25-4)19-10-6-9(7-26(5,21)22)12-13(10)24-16(2,3)23-12;1-10(2)14-8-6(5-16(3,12)13)4-7(11)9(8)15-10;/h2*6-7,9,12-13,17-18H,8,10H2,1-5H3,(H,24,25,27);9-10,12-13H,6-7H2,1-5H3,(H,18,19,20);6-9H,4-5,11H2,1-3H3;1H2/t2*12-,13-,17-,18+;9-,10-,12-,13+;6-,7-,8-,9+;/m1111./s1. The lowest BCUT2D eigenvalue weighted by Crippen LogP contribution is -2.35. The summed E-state index contributed by atoms with van der Waals surface area (Å²) in [4.78, 5) is 45.8. The van der Waals surface area contributed by atoms with Gasteiger partial charge in [0.15, 0.2) is 38.6 Å². The van der Waals surface area contributed by atoms with Crippen LogP contribution in [0.15, 0.2) is 52.4 Å². The van der Waals surface area contributed by atoms with E-state index in [0.29, 0.717) is 52.8 Å². The highest BCUT2D eigenvalue weighted by Gasteiger charge is 2.58. The van der Waals surface area contributed by atoms with E-state index < -0.39 is 62.5 Å². The Morgan fingerprint density at radius 3 is 1.05 bits per heavy atom. The number of nitrogens with two attached hydrogens (primary N) is 1. The van der Waals surface area contributed by atoms with Crippen molar-refractivity contribution in [1.29, 1.82) is 0 Å². The second-order valence-corrected chi connectivity index (χ2v) is 45.4. The van der Waals surface area contributed by atoms with Crippen molar-refractivity contribution in [3.8, 4) is 21.1 Å². The minimum Gasteiger partial charge on any atom is -0.412 e. The lowest BCUT2D eigenvalue weighted by Gasteiger charge is -2.25. The Kier molecular flexibility index (Phi) is 26.7. The molecule has 0 bridgehead atoms. The summed E-state index contributed by atoms with van der Waals surface area (Å²) in [5.74, 6) is -0.964. The van der Waals surface area contributed by atoms with Gasteiger partial charge in [-0.2, -0.15) is 0 Å². The van der Waals surface area contributed by atoms with Crippen LogP contribution in [0.3, 0.4) is 0 Å². The first kappa shape index (κ1) is 87.7. The van der Waals surface area contributed by atoms with Gasteiger partial charge in [-0.25, -0.2) is 73.5 Å². The molecule has 11 heterocycles. The average Bonchev–Trinajstić information content (AvgIpc) is 1.62. The van der Waals surface area contributed by atoms with Gasteiger partial charge in [0.05, 0.1) is 119 Å². The van der Waals surface area contributed by atoms with Crippen molar-refractivity contribution in [2.45, 2.75) is 213 Å². The zero-order valence-electron chi connectivity index (χ0n) is 65.0. The quantitative estimate of drug-likeness (QED) is 0.0334. The van der Waals surface area contributed by atoms with E-state index in [1.165, 1.54) is 60.3 Å². The lowest BCUT2D eigenvalue weighted by molar-refractivity contribution is -0.157. The summed E-state index contributed by atoms with van der Waals surface area (Å²) in [5.41, 5.74) is 11.8. The fourth-order valence-electron chi connectivity index (χ4n) is 16.0. The third-order valence-corrected chi connectivity index (χ3v) is 29.1. The van der Waals surface area contributed by atoms with Gasteiger partial charge in [-0.3, -0.25) is 9.97 Å². The molecule has 8 fully saturated rings. The van der Waals surface area contributed by atoms with E-state index in [1.54, 1.807) is 47.5 Å². The minimum atomic E-state index is -3.17. The predicted octanol–water partition coefficient (Wildman–Crippen LogP) is 8.64. The van der Waals surface area contributed by atoms with E-state index in [-0.39, 0.29) is 125 Å². The summed E-state index contributed by atoms with van der Waals surface area (Å²) in [6.07, 6.45) is 18.4. The maximum absolute atomic E-state index is 12.1. The number of nitrogens with zero attached hydrogens (tertiary/aromatic N) is 10. The maximum atomic E-state index is 12.1. The van der Waals surface area contributed by atoms with Crippen molar-refractivity contribution in [2.75, 3.05) is 82.8 Å². The van der Waals surface area contributed by atoms with Crippen LogP contribution in [0.5, 0.6) is 0 Å². The number of halogens is 1. The first-order valence-electron chi connectivity index (χ1n) is 35.8. The third-order valence-electron chi connectivity index (χ3n) is 19.9. The molecule has 4 aliphatic heterocycles. The number of aryl methyl sites for hydroxylation is 3. The number of fused-ring (bicyclic) bond motifs is 6. The van der Waals surface area contributed by atoms with Gasteiger partial charge in [0.2, 0.25) is 0 Å². The highest BCUT2D eigenvalue weighted by molar-refractivity contribution is 14.1. The Balaban J connectivity index is 0.000000151. The van der Waals surface area contributed by atoms with E-state index in [4.69, 9.17) is 63.6 Å². The molecule has 0 spiro atoms. The van der Waals surface area contributed by atoms with Crippen molar-refractivity contribution >= 4 is 158 Å². The van der Waals surface area contributed by atoms with Gasteiger partial charge in [0.25, 0.3) is 0 Å². The topological polar surface area (TPSA) is 433 Å². The molecule has 16 atom stereocenters. The number of rotatable bonds is 19. The van der Waals surface area contributed by atoms with Crippen LogP contribution in [0.2, 0.25) is 0 Å². The predicted molar refractivity (Wildman–Crippen MR) is 442 cm³/mol. The number of pyridine rings is 2. The van der Waals surface area contributed by atoms with Gasteiger partial charge < -0.3 is 65.1 Å². The van der Waals surface area contributed by atoms with Crippen molar-refractivity contribution in [3.05, 3.63) is 57.6 Å². The van der Waals surface area contributed by atoms with Crippen LogP contribution < -0.4 is 21.7 Å². The largest absolute Gasteiger partial charge is 0.412 e. The normalized spacial score (nSPS) is 29.2. The van der Waals surface area contributed by atoms with Crippen molar-refractivity contribution < 1.29 is 77.0 Å². The number of thioether (sulfide) groups is 3. The molecule has 15 rings (SSSR count). The van der Waals surface area contributed by atoms with Crippen LogP contribution >= 0.6 is 80.6 Å². The molecule has 0 radical (unpaired) electrons. The highest BCUT2D eigenvalue weighted by Crippen LogP contribution is 2.49. The van der Waals surface area contributed by atoms with Gasteiger partial charge in [0.1, 0.15) is 102 Å². The number of hydrogen-bond donors (Lipinski definition) is 4. The molecule has 4 aliphatic carbocycles. The van der Waals surface area contributed by atoms with Crippen molar-refractivity contribution in [3.63, 3.8) is 0 Å². The Morgan fingerprint density at radius 2 is 0.730 bits per heavy atom. The van der Waals surface area contributed by atoms with Crippen LogP contribution in [0.25, 0.3) is 41.6 Å². The number of thiazole rings is 2. The second-order valence-electron chi connectivity index (χ2n) is 31.2. The minimum absolute atomic E-state index is 0. The molecule has 0 aromatic carbocycles. The van der Waals surface area contributed by atoms with Crippen LogP contribution in [-0.4, -0.2) is 252 Å². The zero-order chi connectivity index (χ0) is 79.9. The molecular weight excluding hydrogens is 1720 g/mol. The van der Waals surface area contributed by atoms with E-state index in [9.17, 15) is 33.7 Å². The van der Waals surface area contributed by atoms with Crippen molar-refractivity contribution in [1.82, 2.24) is 49.8 Å². The molecule has 4 saturated carbocycles. The van der Waals surface area contributed by atoms with Crippen LogP contribution in [0, 0.1) is 48.0 Å². The number of ether oxygens (including phenoxy) is 8. The maximum Gasteiger partial charge on any atom is 0.189 e. The van der Waals surface area contributed by atoms with Crippen molar-refractivity contribution in [2.24, 2.45) is 29.4 Å². The number of hydrogen-bond acceptors (Lipinski definition) is 35. The summed E-state index contributed by atoms with van der Waals surface area (Å²) in [6, 6.07) is 3.36. The molecule has 8 aliphatic rings. The fraction of sp³-hybridized carbons (Fsp3) is 0.657. The monoisotopic (exact) mass is 1820 g/mol. The Bertz CT molecular complexity index is 4780. The van der Waals surface area contributed by atoms with Crippen LogP contribution in [0.1, 0.15) is 98.2 Å². The Labute approximate surface area is 683 Å². The number of sulfone groups is 4. The second kappa shape index (κ2) is 33.7. The van der Waals surface area contributed by atoms with E-state index in [2.05, 4.69) is 68.4 Å². The molecule has 111 heavy (non-hydrogen) atoms. The summed E-state index contributed by atoms with van der Waals surface area (Å²) in [6.45, 7) is 20.7. The summed E-state index contributed by atoms with van der Waals surface area (Å²) in [7, 11) is -12.4. The smallest absolute Gasteiger partial charge is 0.189 e. The SMILES string of the molecule is CC1(C)O[C@@H]2[C@@H](CS(C)(=O)=O)C[C@@H](N)[C@@H]2O1.CSc1nc(C)c(-c2nc3cnccc3s2)c(N[C@@H]2C[C@H](CS(C)(=O)=O)[C@H]3OC(C)(C)O[C@H]32)n1.CSc1nc(C)c(-c2nc3cnccc3s2)c(N[C@@H]2C[C@H](CS(C)(=O)=O)[C@H]3OC(C)(C)O[C@H]32)n1.CSc1nc(C)c(I)c(N[C@@H]2C[C@H](CS(C)(=O)=O)[C@H]3OC(C)(C)O[C@H]32)n1.O. The molecule has 31 nitrogen and oxygen atoms in total. The first-order valence-corrected chi connectivity index (χ1v) is 50.4. The van der Waals surface area contributed by atoms with Gasteiger partial charge in [-0.05, 0) is 155 Å². The van der Waals surface area contributed by atoms with Gasteiger partial charge in [0, 0.05) is 67.1 Å². The van der Waals surface area contributed by atoms with Gasteiger partial charge in [-0.15, -0.1) is 22.7 Å². The fourth-order valence-corrected chi connectivity index (χ4v) is 24.1. The van der Waals surface area contributed by atoms with Gasteiger partial charge in [-0.1, -0.05) is 35.3 Å². The molecule has 7 aromatic rings. The molecule has 7 N–H and O–H groups in total. The van der Waals surface area contributed by atoms with Crippen LogP contribution in [-0.2, 0) is 77.2 Å². The molecule has 7 aromatic heterocycles. The summed E-state index contributed by atoms with van der Waals surface area (Å²) >= 11 is 9.79. The third kappa shape index (κ3) is 21.3. The number of aromatic nitrogens is 10. The molecule has 0 unspecified atom stereocenters. The van der Waals surface area contributed by atoms with Crippen LogP contribution in [0.4, 0.5) is 17.5 Å². The lowest BCUT2D eigenvalue weighted by atomic mass is 10.1. The first-order chi connectivity index (χ1) is 51.2. The van der Waals surface area contributed by atoms with E-state index in [1.807, 2.05) is 107 Å². The number of nitrogens with one attached hydrogen (secondary N) is 3. The van der Waals surface area contributed by atoms with E-state index >= 15 is 0 Å². The zero-order valence-corrected chi connectivity index (χ0v) is 74.5. The Hall–Kier alpha value is -4.10. The molecule has 41 heteroatoms. The molecule has 0 amide bonds. The number of anilines is 3. The molecular formula is C70H99IN14O17S9. The average molecular weight is 1820 g/mol.